The van der Waals surface area contributed by atoms with E-state index in [2.05, 4.69) is 5.32 Å². The Balaban J connectivity index is 2.02. The number of amides is 1. The van der Waals surface area contributed by atoms with Crippen LogP contribution in [0.15, 0.2) is 36.4 Å². The standard InChI is InChI=1S/C19H21Cl3N2O4S/c1-12-4-5-17(11-18(12)22)28-7-6-23-19(25)13(2)24(29(3,26)27)16-9-14(20)8-15(21)10-16/h4-5,8-11,13H,6-7H2,1-3H3,(H,23,25)/t13-/m0/s1. The zero-order chi connectivity index (χ0) is 21.8. The fourth-order valence-corrected chi connectivity index (χ4v) is 4.47. The zero-order valence-electron chi connectivity index (χ0n) is 16.1. The van der Waals surface area contributed by atoms with Crippen LogP contribution in [0.4, 0.5) is 5.69 Å². The quantitative estimate of drug-likeness (QED) is 0.573. The Morgan fingerprint density at radius 2 is 1.76 bits per heavy atom. The number of nitrogens with one attached hydrogen (secondary N) is 1. The van der Waals surface area contributed by atoms with Crippen LogP contribution in [0.3, 0.4) is 0 Å². The van der Waals surface area contributed by atoms with Crippen molar-refractivity contribution in [3.05, 3.63) is 57.0 Å². The van der Waals surface area contributed by atoms with Gasteiger partial charge in [-0.15, -0.1) is 0 Å². The highest BCUT2D eigenvalue weighted by Crippen LogP contribution is 2.28. The van der Waals surface area contributed by atoms with Crippen LogP contribution in [0.1, 0.15) is 12.5 Å². The Hall–Kier alpha value is -1.67. The summed E-state index contributed by atoms with van der Waals surface area (Å²) in [6.45, 7) is 3.74. The molecule has 29 heavy (non-hydrogen) atoms. The lowest BCUT2D eigenvalue weighted by Crippen LogP contribution is -2.48. The summed E-state index contributed by atoms with van der Waals surface area (Å²) in [5.41, 5.74) is 1.14. The fraction of sp³-hybridized carbons (Fsp3) is 0.316. The van der Waals surface area contributed by atoms with E-state index >= 15 is 0 Å². The number of halogens is 3. The highest BCUT2D eigenvalue weighted by atomic mass is 35.5. The second kappa shape index (κ2) is 9.89. The predicted molar refractivity (Wildman–Crippen MR) is 118 cm³/mol. The van der Waals surface area contributed by atoms with Gasteiger partial charge in [0.2, 0.25) is 15.9 Å². The zero-order valence-corrected chi connectivity index (χ0v) is 19.2. The van der Waals surface area contributed by atoms with E-state index in [-0.39, 0.29) is 28.9 Å². The van der Waals surface area contributed by atoms with Crippen LogP contribution in [-0.4, -0.2) is 39.8 Å². The van der Waals surface area contributed by atoms with E-state index in [9.17, 15) is 13.2 Å². The van der Waals surface area contributed by atoms with Crippen molar-refractivity contribution >= 4 is 56.4 Å². The minimum atomic E-state index is -3.77. The number of anilines is 1. The van der Waals surface area contributed by atoms with E-state index in [1.807, 2.05) is 13.0 Å². The second-order valence-electron chi connectivity index (χ2n) is 6.41. The van der Waals surface area contributed by atoms with Crippen LogP contribution in [0.2, 0.25) is 15.1 Å². The van der Waals surface area contributed by atoms with Gasteiger partial charge in [-0.1, -0.05) is 40.9 Å². The number of carbonyl (C=O) groups is 1. The SMILES string of the molecule is Cc1ccc(OCCNC(=O)[C@H](C)N(c2cc(Cl)cc(Cl)c2)S(C)(=O)=O)cc1Cl. The number of hydrogen-bond donors (Lipinski definition) is 1. The van der Waals surface area contributed by atoms with Crippen LogP contribution in [0, 0.1) is 6.92 Å². The van der Waals surface area contributed by atoms with Crippen molar-refractivity contribution in [3.63, 3.8) is 0 Å². The molecule has 1 atom stereocenters. The molecule has 0 radical (unpaired) electrons. The smallest absolute Gasteiger partial charge is 0.243 e. The molecule has 10 heteroatoms. The van der Waals surface area contributed by atoms with E-state index < -0.39 is 22.0 Å². The van der Waals surface area contributed by atoms with Gasteiger partial charge >= 0.3 is 0 Å². The summed E-state index contributed by atoms with van der Waals surface area (Å²) in [6.07, 6.45) is 1.01. The molecule has 0 spiro atoms. The molecule has 2 rings (SSSR count). The number of rotatable bonds is 8. The van der Waals surface area contributed by atoms with Crippen LogP contribution in [0.25, 0.3) is 0 Å². The van der Waals surface area contributed by atoms with Gasteiger partial charge < -0.3 is 10.1 Å². The molecular weight excluding hydrogens is 459 g/mol. The van der Waals surface area contributed by atoms with E-state index in [4.69, 9.17) is 39.5 Å². The summed E-state index contributed by atoms with van der Waals surface area (Å²) >= 11 is 18.0. The third-order valence-electron chi connectivity index (χ3n) is 4.00. The minimum Gasteiger partial charge on any atom is -0.492 e. The Bertz CT molecular complexity index is 979. The van der Waals surface area contributed by atoms with Gasteiger partial charge in [0, 0.05) is 15.1 Å². The van der Waals surface area contributed by atoms with Gasteiger partial charge in [-0.25, -0.2) is 8.42 Å². The summed E-state index contributed by atoms with van der Waals surface area (Å²) in [5.74, 6) is 0.0892. The van der Waals surface area contributed by atoms with Crippen molar-refractivity contribution < 1.29 is 17.9 Å². The topological polar surface area (TPSA) is 75.7 Å². The molecule has 0 aliphatic rings. The van der Waals surface area contributed by atoms with Gasteiger partial charge in [-0.2, -0.15) is 0 Å². The minimum absolute atomic E-state index is 0.183. The summed E-state index contributed by atoms with van der Waals surface area (Å²) in [4.78, 5) is 12.5. The van der Waals surface area contributed by atoms with E-state index in [0.717, 1.165) is 16.1 Å². The fourth-order valence-electron chi connectivity index (χ4n) is 2.63. The van der Waals surface area contributed by atoms with Crippen molar-refractivity contribution in [1.82, 2.24) is 5.32 Å². The lowest BCUT2D eigenvalue weighted by Gasteiger charge is -2.28. The Kier molecular flexibility index (Phi) is 8.05. The number of carbonyl (C=O) groups excluding carboxylic acids is 1. The third-order valence-corrected chi connectivity index (χ3v) is 6.09. The van der Waals surface area contributed by atoms with E-state index in [0.29, 0.717) is 10.8 Å². The van der Waals surface area contributed by atoms with E-state index in [1.54, 1.807) is 12.1 Å². The van der Waals surface area contributed by atoms with E-state index in [1.165, 1.54) is 25.1 Å². The molecule has 6 nitrogen and oxygen atoms in total. The molecule has 0 saturated heterocycles. The largest absolute Gasteiger partial charge is 0.492 e. The average Bonchev–Trinajstić information content (AvgIpc) is 2.59. The van der Waals surface area contributed by atoms with Crippen molar-refractivity contribution in [1.29, 1.82) is 0 Å². The summed E-state index contributed by atoms with van der Waals surface area (Å²) in [5, 5.41) is 3.77. The second-order valence-corrected chi connectivity index (χ2v) is 9.55. The lowest BCUT2D eigenvalue weighted by atomic mass is 10.2. The molecule has 0 saturated carbocycles. The van der Waals surface area contributed by atoms with Crippen molar-refractivity contribution in [2.24, 2.45) is 0 Å². The monoisotopic (exact) mass is 478 g/mol. The maximum Gasteiger partial charge on any atom is 0.243 e. The van der Waals surface area contributed by atoms with Gasteiger partial charge in [0.25, 0.3) is 0 Å². The van der Waals surface area contributed by atoms with Crippen molar-refractivity contribution in [2.45, 2.75) is 19.9 Å². The Labute approximate surface area is 185 Å². The van der Waals surface area contributed by atoms with Gasteiger partial charge in [0.1, 0.15) is 18.4 Å². The summed E-state index contributed by atoms with van der Waals surface area (Å²) < 4.78 is 31.1. The summed E-state index contributed by atoms with van der Waals surface area (Å²) in [7, 11) is -3.77. The maximum absolute atomic E-state index is 12.5. The number of nitrogens with zero attached hydrogens (tertiary/aromatic N) is 1. The van der Waals surface area contributed by atoms with Gasteiger partial charge in [0.15, 0.2) is 0 Å². The van der Waals surface area contributed by atoms with Gasteiger partial charge in [0.05, 0.1) is 18.5 Å². The van der Waals surface area contributed by atoms with Gasteiger partial charge in [-0.3, -0.25) is 9.10 Å². The molecule has 1 amide bonds. The molecule has 0 fully saturated rings. The summed E-state index contributed by atoms with van der Waals surface area (Å²) in [6, 6.07) is 8.62. The molecule has 0 heterocycles. The number of hydrogen-bond acceptors (Lipinski definition) is 4. The molecule has 1 N–H and O–H groups in total. The molecule has 2 aromatic carbocycles. The van der Waals surface area contributed by atoms with Crippen molar-refractivity contribution in [3.8, 4) is 5.75 Å². The lowest BCUT2D eigenvalue weighted by molar-refractivity contribution is -0.121. The highest BCUT2D eigenvalue weighted by Gasteiger charge is 2.29. The molecule has 0 aliphatic carbocycles. The number of sulfonamides is 1. The van der Waals surface area contributed by atoms with Crippen molar-refractivity contribution in [2.75, 3.05) is 23.7 Å². The van der Waals surface area contributed by atoms with Crippen LogP contribution in [0.5, 0.6) is 5.75 Å². The number of aryl methyl sites for hydroxylation is 1. The predicted octanol–water partition coefficient (Wildman–Crippen LogP) is 4.30. The maximum atomic E-state index is 12.5. The molecule has 0 unspecified atom stereocenters. The number of benzene rings is 2. The van der Waals surface area contributed by atoms with Crippen LogP contribution < -0.4 is 14.4 Å². The molecule has 0 aromatic heterocycles. The molecule has 158 valence electrons. The Morgan fingerprint density at radius 1 is 1.14 bits per heavy atom. The Morgan fingerprint density at radius 3 is 2.31 bits per heavy atom. The van der Waals surface area contributed by atoms with Crippen LogP contribution in [-0.2, 0) is 14.8 Å². The number of ether oxygens (including phenoxy) is 1. The van der Waals surface area contributed by atoms with Crippen LogP contribution >= 0.6 is 34.8 Å². The third kappa shape index (κ3) is 6.67. The first-order valence-electron chi connectivity index (χ1n) is 8.61. The van der Waals surface area contributed by atoms with Gasteiger partial charge in [-0.05, 0) is 49.7 Å². The first-order chi connectivity index (χ1) is 13.5. The molecular formula is C19H21Cl3N2O4S. The molecule has 2 aromatic rings. The molecule has 0 bridgehead atoms. The first kappa shape index (κ1) is 23.6. The molecule has 0 aliphatic heterocycles. The average molecular weight is 480 g/mol. The first-order valence-corrected chi connectivity index (χ1v) is 11.6. The normalized spacial score (nSPS) is 12.3. The highest BCUT2D eigenvalue weighted by molar-refractivity contribution is 7.92.